The maximum Gasteiger partial charge on any atom is 0.321 e. The number of nitrogens with zero attached hydrogens (tertiary/aromatic N) is 1. The molecule has 0 saturated carbocycles. The van der Waals surface area contributed by atoms with E-state index in [1.54, 1.807) is 0 Å². The van der Waals surface area contributed by atoms with E-state index in [9.17, 15) is 9.59 Å². The molecule has 1 saturated heterocycles. The number of imide groups is 1. The molecule has 1 fully saturated rings. The lowest BCUT2D eigenvalue weighted by Gasteiger charge is -2.31. The van der Waals surface area contributed by atoms with Crippen LogP contribution in [0.5, 0.6) is 0 Å². The second-order valence-corrected chi connectivity index (χ2v) is 4.37. The van der Waals surface area contributed by atoms with E-state index in [4.69, 9.17) is 5.11 Å². The Hall–Kier alpha value is -1.14. The zero-order valence-electron chi connectivity index (χ0n) is 10.2. The van der Waals surface area contributed by atoms with Gasteiger partial charge in [-0.1, -0.05) is 0 Å². The molecule has 17 heavy (non-hydrogen) atoms. The van der Waals surface area contributed by atoms with Crippen LogP contribution >= 0.6 is 0 Å². The lowest BCUT2D eigenvalue weighted by atomic mass is 9.99. The van der Waals surface area contributed by atoms with E-state index < -0.39 is 6.03 Å². The minimum Gasteiger partial charge on any atom is -0.396 e. The maximum atomic E-state index is 11.4. The van der Waals surface area contributed by atoms with Gasteiger partial charge in [0.1, 0.15) is 0 Å². The molecule has 1 aliphatic heterocycles. The molecule has 0 aromatic heterocycles. The van der Waals surface area contributed by atoms with Crippen molar-refractivity contribution in [3.63, 3.8) is 0 Å². The Labute approximate surface area is 101 Å². The number of aliphatic hydroxyl groups is 1. The molecule has 1 atom stereocenters. The van der Waals surface area contributed by atoms with Crippen molar-refractivity contribution in [1.29, 1.82) is 0 Å². The van der Waals surface area contributed by atoms with Crippen LogP contribution in [0.2, 0.25) is 0 Å². The Kier molecular flexibility index (Phi) is 5.93. The first kappa shape index (κ1) is 13.9. The van der Waals surface area contributed by atoms with Crippen LogP contribution in [0.1, 0.15) is 19.3 Å². The fourth-order valence-electron chi connectivity index (χ4n) is 2.01. The lowest BCUT2D eigenvalue weighted by Crippen LogP contribution is -2.41. The summed E-state index contributed by atoms with van der Waals surface area (Å²) in [5.41, 5.74) is 0. The summed E-state index contributed by atoms with van der Waals surface area (Å²) in [4.78, 5) is 24.4. The number of urea groups is 1. The molecule has 0 bridgehead atoms. The highest BCUT2D eigenvalue weighted by atomic mass is 16.3. The van der Waals surface area contributed by atoms with Crippen LogP contribution in [-0.2, 0) is 4.79 Å². The van der Waals surface area contributed by atoms with Gasteiger partial charge in [-0.2, -0.15) is 0 Å². The molecule has 0 aromatic rings. The second kappa shape index (κ2) is 7.24. The third-order valence-corrected chi connectivity index (χ3v) is 3.00. The van der Waals surface area contributed by atoms with Crippen LogP contribution in [0.3, 0.4) is 0 Å². The van der Waals surface area contributed by atoms with Crippen molar-refractivity contribution >= 4 is 11.9 Å². The fraction of sp³-hybridized carbons (Fsp3) is 0.818. The number of hydrogen-bond donors (Lipinski definition) is 3. The van der Waals surface area contributed by atoms with Crippen molar-refractivity contribution in [2.45, 2.75) is 19.3 Å². The predicted molar refractivity (Wildman–Crippen MR) is 63.5 cm³/mol. The molecule has 1 unspecified atom stereocenters. The Balaban J connectivity index is 2.21. The van der Waals surface area contributed by atoms with Gasteiger partial charge in [0.15, 0.2) is 0 Å². The molecule has 0 radical (unpaired) electrons. The van der Waals surface area contributed by atoms with Crippen molar-refractivity contribution in [3.05, 3.63) is 0 Å². The molecule has 1 heterocycles. The highest BCUT2D eigenvalue weighted by Crippen LogP contribution is 2.15. The van der Waals surface area contributed by atoms with E-state index in [-0.39, 0.29) is 12.5 Å². The number of amides is 3. The number of rotatable bonds is 4. The van der Waals surface area contributed by atoms with Gasteiger partial charge in [-0.05, 0) is 25.3 Å². The van der Waals surface area contributed by atoms with Crippen LogP contribution in [0.15, 0.2) is 0 Å². The van der Waals surface area contributed by atoms with E-state index in [1.165, 1.54) is 7.05 Å². The molecule has 6 nitrogen and oxygen atoms in total. The van der Waals surface area contributed by atoms with Gasteiger partial charge in [-0.25, -0.2) is 4.79 Å². The second-order valence-electron chi connectivity index (χ2n) is 4.37. The van der Waals surface area contributed by atoms with Gasteiger partial charge in [0.05, 0.1) is 0 Å². The number of carbonyl (C=O) groups excluding carboxylic acids is 2. The Morgan fingerprint density at radius 3 is 2.88 bits per heavy atom. The first-order chi connectivity index (χ1) is 8.15. The maximum absolute atomic E-state index is 11.4. The minimum atomic E-state index is -0.470. The number of hydrogen-bond acceptors (Lipinski definition) is 4. The van der Waals surface area contributed by atoms with E-state index in [0.29, 0.717) is 18.9 Å². The van der Waals surface area contributed by atoms with E-state index in [2.05, 4.69) is 15.5 Å². The summed E-state index contributed by atoms with van der Waals surface area (Å²) in [6.45, 7) is 2.65. The molecule has 1 rings (SSSR count). The van der Waals surface area contributed by atoms with Gasteiger partial charge >= 0.3 is 6.03 Å². The van der Waals surface area contributed by atoms with Crippen molar-refractivity contribution in [2.24, 2.45) is 5.92 Å². The van der Waals surface area contributed by atoms with Crippen LogP contribution in [0.25, 0.3) is 0 Å². The molecular weight excluding hydrogens is 222 g/mol. The Morgan fingerprint density at radius 1 is 1.47 bits per heavy atom. The molecular formula is C11H21N3O3. The van der Waals surface area contributed by atoms with Crippen molar-refractivity contribution in [3.8, 4) is 0 Å². The van der Waals surface area contributed by atoms with E-state index in [1.807, 2.05) is 0 Å². The number of carbonyl (C=O) groups is 2. The van der Waals surface area contributed by atoms with Gasteiger partial charge in [-0.15, -0.1) is 0 Å². The molecule has 0 aromatic carbocycles. The zero-order chi connectivity index (χ0) is 12.7. The third-order valence-electron chi connectivity index (χ3n) is 3.00. The molecule has 3 N–H and O–H groups in total. The zero-order valence-corrected chi connectivity index (χ0v) is 10.2. The number of likely N-dealkylation sites (tertiary alicyclic amines) is 1. The first-order valence-corrected chi connectivity index (χ1v) is 6.00. The van der Waals surface area contributed by atoms with Crippen molar-refractivity contribution < 1.29 is 14.7 Å². The van der Waals surface area contributed by atoms with Gasteiger partial charge in [-0.3, -0.25) is 10.1 Å². The van der Waals surface area contributed by atoms with Crippen LogP contribution in [0.4, 0.5) is 4.79 Å². The average molecular weight is 243 g/mol. The Bertz CT molecular complexity index is 271. The van der Waals surface area contributed by atoms with Crippen molar-refractivity contribution in [2.75, 3.05) is 33.3 Å². The summed E-state index contributed by atoms with van der Waals surface area (Å²) in [5, 5.41) is 13.6. The summed E-state index contributed by atoms with van der Waals surface area (Å²) in [6, 6.07) is -0.470. The van der Waals surface area contributed by atoms with Crippen LogP contribution < -0.4 is 10.6 Å². The van der Waals surface area contributed by atoms with Crippen molar-refractivity contribution in [1.82, 2.24) is 15.5 Å². The standard InChI is InChI=1S/C11H21N3O3/c1-12-11(17)13-10(16)4-6-14-5-2-3-9(7-14)8-15/h9,15H,2-8H2,1H3,(H2,12,13,16,17). The summed E-state index contributed by atoms with van der Waals surface area (Å²) in [5.74, 6) is 0.0567. The number of piperidine rings is 1. The fourth-order valence-corrected chi connectivity index (χ4v) is 2.01. The minimum absolute atomic E-state index is 0.209. The molecule has 1 aliphatic rings. The molecule has 3 amide bonds. The highest BCUT2D eigenvalue weighted by molar-refractivity contribution is 5.94. The smallest absolute Gasteiger partial charge is 0.321 e. The van der Waals surface area contributed by atoms with Crippen LogP contribution in [0, 0.1) is 5.92 Å². The summed E-state index contributed by atoms with van der Waals surface area (Å²) in [6.07, 6.45) is 2.42. The normalized spacial score (nSPS) is 20.9. The molecule has 6 heteroatoms. The average Bonchev–Trinajstić information content (AvgIpc) is 2.36. The number of aliphatic hydroxyl groups excluding tert-OH is 1. The summed E-state index contributed by atoms with van der Waals surface area (Å²) < 4.78 is 0. The highest BCUT2D eigenvalue weighted by Gasteiger charge is 2.19. The van der Waals surface area contributed by atoms with E-state index in [0.717, 1.165) is 25.9 Å². The van der Waals surface area contributed by atoms with E-state index >= 15 is 0 Å². The molecule has 98 valence electrons. The third kappa shape index (κ3) is 5.14. The molecule has 0 spiro atoms. The van der Waals surface area contributed by atoms with Gasteiger partial charge in [0.2, 0.25) is 5.91 Å². The predicted octanol–water partition coefficient (Wildman–Crippen LogP) is -0.464. The van der Waals surface area contributed by atoms with Gasteiger partial charge in [0.25, 0.3) is 0 Å². The lowest BCUT2D eigenvalue weighted by molar-refractivity contribution is -0.120. The topological polar surface area (TPSA) is 81.7 Å². The van der Waals surface area contributed by atoms with Gasteiger partial charge in [0, 0.05) is 33.2 Å². The Morgan fingerprint density at radius 2 is 2.24 bits per heavy atom. The van der Waals surface area contributed by atoms with Crippen LogP contribution in [-0.4, -0.2) is 55.2 Å². The largest absolute Gasteiger partial charge is 0.396 e. The summed E-state index contributed by atoms with van der Waals surface area (Å²) >= 11 is 0. The first-order valence-electron chi connectivity index (χ1n) is 6.00. The number of nitrogens with one attached hydrogen (secondary N) is 2. The SMILES string of the molecule is CNC(=O)NC(=O)CCN1CCCC(CO)C1. The summed E-state index contributed by atoms with van der Waals surface area (Å²) in [7, 11) is 1.47. The molecule has 0 aliphatic carbocycles. The quantitative estimate of drug-likeness (QED) is 0.624. The van der Waals surface area contributed by atoms with Gasteiger partial charge < -0.3 is 15.3 Å². The monoisotopic (exact) mass is 243 g/mol.